The van der Waals surface area contributed by atoms with E-state index in [9.17, 15) is 0 Å². The highest BCUT2D eigenvalue weighted by molar-refractivity contribution is 7.24. The summed E-state index contributed by atoms with van der Waals surface area (Å²) in [6, 6.07) is 41.6. The molecular formula is C36H20N4S4. The van der Waals surface area contributed by atoms with E-state index in [1.807, 2.05) is 24.3 Å². The van der Waals surface area contributed by atoms with Crippen LogP contribution in [-0.4, -0.2) is 19.9 Å². The second-order valence-corrected chi connectivity index (χ2v) is 14.2. The smallest absolute Gasteiger partial charge is 0.124 e. The van der Waals surface area contributed by atoms with Gasteiger partial charge in [-0.25, -0.2) is 19.9 Å². The molecule has 4 nitrogen and oxygen atoms in total. The maximum absolute atomic E-state index is 5.33. The van der Waals surface area contributed by atoms with E-state index >= 15 is 0 Å². The lowest BCUT2D eigenvalue weighted by atomic mass is 10.1. The molecule has 0 atom stereocenters. The molecule has 0 saturated heterocycles. The van der Waals surface area contributed by atoms with Crippen LogP contribution in [0, 0.1) is 0 Å². The van der Waals surface area contributed by atoms with Crippen molar-refractivity contribution in [3.05, 3.63) is 121 Å². The predicted octanol–water partition coefficient (Wildman–Crippen LogP) is 11.2. The van der Waals surface area contributed by atoms with Gasteiger partial charge in [-0.2, -0.15) is 0 Å². The SMILES string of the molecule is c1ccc(-c2nc3c(s2)-c2nc(-c4ccccc4)sc2-c2nc(-c4ccccc4)sc2-c2nc(-c4ccccc4)sc2-3)cc1. The normalized spacial score (nSPS) is 11.6. The first kappa shape index (κ1) is 25.9. The van der Waals surface area contributed by atoms with Gasteiger partial charge in [0, 0.05) is 22.3 Å². The number of fused-ring (bicyclic) bond motifs is 8. The minimum Gasteiger partial charge on any atom is -0.234 e. The molecule has 1 aliphatic carbocycles. The monoisotopic (exact) mass is 636 g/mol. The summed E-state index contributed by atoms with van der Waals surface area (Å²) in [6.45, 7) is 0. The number of benzene rings is 4. The molecule has 0 unspecified atom stereocenters. The Kier molecular flexibility index (Phi) is 6.19. The first-order chi connectivity index (χ1) is 21.8. The van der Waals surface area contributed by atoms with E-state index in [0.717, 1.165) is 84.6 Å². The molecule has 0 saturated carbocycles. The van der Waals surface area contributed by atoms with Gasteiger partial charge in [-0.1, -0.05) is 121 Å². The molecule has 8 aromatic rings. The van der Waals surface area contributed by atoms with Crippen molar-refractivity contribution < 1.29 is 0 Å². The zero-order valence-electron chi connectivity index (χ0n) is 23.0. The molecule has 0 fully saturated rings. The van der Waals surface area contributed by atoms with Crippen molar-refractivity contribution in [3.63, 3.8) is 0 Å². The van der Waals surface area contributed by atoms with E-state index in [-0.39, 0.29) is 0 Å². The summed E-state index contributed by atoms with van der Waals surface area (Å²) in [4.78, 5) is 25.5. The van der Waals surface area contributed by atoms with Crippen molar-refractivity contribution in [2.45, 2.75) is 0 Å². The van der Waals surface area contributed by atoms with E-state index in [1.165, 1.54) is 0 Å². The summed E-state index contributed by atoms with van der Waals surface area (Å²) in [7, 11) is 0. The maximum atomic E-state index is 5.33. The van der Waals surface area contributed by atoms with Crippen LogP contribution < -0.4 is 0 Å². The van der Waals surface area contributed by atoms with Gasteiger partial charge >= 0.3 is 0 Å². The summed E-state index contributed by atoms with van der Waals surface area (Å²) < 4.78 is 0. The molecule has 4 aromatic heterocycles. The van der Waals surface area contributed by atoms with Crippen LogP contribution in [0.15, 0.2) is 121 Å². The van der Waals surface area contributed by atoms with E-state index in [0.29, 0.717) is 0 Å². The summed E-state index contributed by atoms with van der Waals surface area (Å²) in [5, 5.41) is 3.89. The molecule has 0 N–H and O–H groups in total. The Labute approximate surface area is 269 Å². The number of hydrogen-bond acceptors (Lipinski definition) is 8. The van der Waals surface area contributed by atoms with Crippen LogP contribution >= 0.6 is 45.3 Å². The van der Waals surface area contributed by atoms with Crippen molar-refractivity contribution in [1.29, 1.82) is 0 Å². The Morgan fingerprint density at radius 2 is 0.477 bits per heavy atom. The molecule has 44 heavy (non-hydrogen) atoms. The third-order valence-electron chi connectivity index (χ3n) is 7.45. The lowest BCUT2D eigenvalue weighted by Crippen LogP contribution is -1.91. The van der Waals surface area contributed by atoms with Crippen LogP contribution in [0.2, 0.25) is 0 Å². The molecule has 8 heteroatoms. The standard InChI is InChI=1S/C36H20N4S4/c1-5-13-21(14-6-1)33-37-25-29(41-33)26-31(43-34(38-26)22-15-7-2-8-16-22)28-32(44-36(40-28)24-19-11-4-12-20-24)27-30(25)42-35(39-27)23-17-9-3-10-18-23/h1-20H. The maximum Gasteiger partial charge on any atom is 0.124 e. The van der Waals surface area contributed by atoms with Crippen LogP contribution in [0.25, 0.3) is 84.6 Å². The molecule has 0 bridgehead atoms. The summed E-state index contributed by atoms with van der Waals surface area (Å²) in [6.07, 6.45) is 0. The van der Waals surface area contributed by atoms with Gasteiger partial charge in [0.05, 0.1) is 19.5 Å². The van der Waals surface area contributed by atoms with E-state index in [4.69, 9.17) is 19.9 Å². The fourth-order valence-electron chi connectivity index (χ4n) is 5.35. The molecule has 4 heterocycles. The molecule has 0 aliphatic heterocycles. The molecule has 0 amide bonds. The number of nitrogens with zero attached hydrogens (tertiary/aromatic N) is 4. The molecule has 208 valence electrons. The molecule has 4 aromatic carbocycles. The second kappa shape index (κ2) is 10.5. The van der Waals surface area contributed by atoms with Crippen molar-refractivity contribution in [2.24, 2.45) is 0 Å². The van der Waals surface area contributed by atoms with Crippen LogP contribution in [0.3, 0.4) is 0 Å². The van der Waals surface area contributed by atoms with Gasteiger partial charge in [0.2, 0.25) is 0 Å². The Hall–Kier alpha value is -4.60. The first-order valence-corrected chi connectivity index (χ1v) is 17.3. The van der Waals surface area contributed by atoms with E-state index in [1.54, 1.807) is 45.3 Å². The van der Waals surface area contributed by atoms with Crippen molar-refractivity contribution >= 4 is 45.3 Å². The van der Waals surface area contributed by atoms with Gasteiger partial charge in [-0.3, -0.25) is 0 Å². The van der Waals surface area contributed by atoms with Gasteiger partial charge in [0.25, 0.3) is 0 Å². The molecule has 9 rings (SSSR count). The highest BCUT2D eigenvalue weighted by atomic mass is 32.1. The topological polar surface area (TPSA) is 51.6 Å². The average molecular weight is 637 g/mol. The highest BCUT2D eigenvalue weighted by Gasteiger charge is 2.34. The predicted molar refractivity (Wildman–Crippen MR) is 186 cm³/mol. The third-order valence-corrected chi connectivity index (χ3v) is 11.9. The number of hydrogen-bond donors (Lipinski definition) is 0. The average Bonchev–Trinajstić information content (AvgIpc) is 3.89. The molecule has 0 radical (unpaired) electrons. The molecule has 0 spiro atoms. The van der Waals surface area contributed by atoms with Gasteiger partial charge in [-0.05, 0) is 0 Å². The van der Waals surface area contributed by atoms with E-state index < -0.39 is 0 Å². The lowest BCUT2D eigenvalue weighted by molar-refractivity contribution is 1.34. The fourth-order valence-corrected chi connectivity index (χ4v) is 9.91. The van der Waals surface area contributed by atoms with Crippen LogP contribution in [-0.2, 0) is 0 Å². The lowest BCUT2D eigenvalue weighted by Gasteiger charge is -2.07. The van der Waals surface area contributed by atoms with Crippen LogP contribution in [0.5, 0.6) is 0 Å². The first-order valence-electron chi connectivity index (χ1n) is 14.1. The third kappa shape index (κ3) is 4.30. The number of aromatic nitrogens is 4. The molecular weight excluding hydrogens is 617 g/mol. The number of thiazole rings is 4. The van der Waals surface area contributed by atoms with Crippen molar-refractivity contribution in [2.75, 3.05) is 0 Å². The Bertz CT molecular complexity index is 1830. The summed E-state index contributed by atoms with van der Waals surface area (Å²) >= 11 is 6.79. The van der Waals surface area contributed by atoms with Gasteiger partial charge < -0.3 is 0 Å². The van der Waals surface area contributed by atoms with Gasteiger partial charge in [0.1, 0.15) is 42.8 Å². The summed E-state index contributed by atoms with van der Waals surface area (Å²) in [5.41, 5.74) is 8.14. The Morgan fingerprint density at radius 1 is 0.273 bits per heavy atom. The fraction of sp³-hybridized carbons (Fsp3) is 0. The van der Waals surface area contributed by atoms with Gasteiger partial charge in [0.15, 0.2) is 0 Å². The van der Waals surface area contributed by atoms with Crippen molar-refractivity contribution in [1.82, 2.24) is 19.9 Å². The zero-order valence-corrected chi connectivity index (χ0v) is 26.2. The van der Waals surface area contributed by atoms with Crippen LogP contribution in [0.4, 0.5) is 0 Å². The second-order valence-electron chi connectivity index (χ2n) is 10.3. The largest absolute Gasteiger partial charge is 0.234 e. The zero-order chi connectivity index (χ0) is 29.0. The Morgan fingerprint density at radius 3 is 0.682 bits per heavy atom. The molecule has 1 aliphatic rings. The highest BCUT2D eigenvalue weighted by Crippen LogP contribution is 2.56. The van der Waals surface area contributed by atoms with Crippen LogP contribution in [0.1, 0.15) is 0 Å². The van der Waals surface area contributed by atoms with Gasteiger partial charge in [-0.15, -0.1) is 45.3 Å². The minimum atomic E-state index is 0.940. The number of rotatable bonds is 4. The minimum absolute atomic E-state index is 0.940. The van der Waals surface area contributed by atoms with E-state index in [2.05, 4.69) is 97.1 Å². The summed E-state index contributed by atoms with van der Waals surface area (Å²) in [5.74, 6) is 0. The Balaban J connectivity index is 1.36. The van der Waals surface area contributed by atoms with Crippen molar-refractivity contribution in [3.8, 4) is 84.6 Å². The quantitative estimate of drug-likeness (QED) is 0.193.